The van der Waals surface area contributed by atoms with E-state index in [1.165, 1.54) is 17.7 Å². The third-order valence-corrected chi connectivity index (χ3v) is 3.53. The van der Waals surface area contributed by atoms with Crippen LogP contribution < -0.4 is 0 Å². The zero-order valence-electron chi connectivity index (χ0n) is 7.38. The van der Waals surface area contributed by atoms with E-state index in [2.05, 4.69) is 26.0 Å². The minimum atomic E-state index is -0.696. The van der Waals surface area contributed by atoms with Crippen molar-refractivity contribution in [3.05, 3.63) is 32.9 Å². The van der Waals surface area contributed by atoms with E-state index in [9.17, 15) is 5.11 Å². The van der Waals surface area contributed by atoms with Gasteiger partial charge in [-0.2, -0.15) is 5.10 Å². The van der Waals surface area contributed by atoms with E-state index in [1.807, 2.05) is 12.1 Å². The fraction of sp³-hybridized carbons (Fsp3) is 0.250. The summed E-state index contributed by atoms with van der Waals surface area (Å²) in [6.07, 6.45) is 0.736. The molecule has 2 heterocycles. The quantitative estimate of drug-likeness (QED) is 0.907. The van der Waals surface area contributed by atoms with Crippen LogP contribution in [0.15, 0.2) is 22.2 Å². The summed E-state index contributed by atoms with van der Waals surface area (Å²) >= 11 is 4.84. The summed E-state index contributed by atoms with van der Waals surface area (Å²) in [7, 11) is 1.76. The Bertz CT molecular complexity index is 439. The van der Waals surface area contributed by atoms with Crippen LogP contribution in [-0.2, 0) is 7.05 Å². The minimum absolute atomic E-state index is 0.555. The number of aromatic nitrogens is 3. The number of hydrogen-bond donors (Lipinski definition) is 1. The summed E-state index contributed by atoms with van der Waals surface area (Å²) in [5.74, 6) is 0.555. The molecule has 0 bridgehead atoms. The Morgan fingerprint density at radius 1 is 1.57 bits per heavy atom. The molecule has 2 rings (SSSR count). The Labute approximate surface area is 93.3 Å². The molecular weight excluding hydrogens is 266 g/mol. The maximum absolute atomic E-state index is 9.94. The second-order valence-electron chi connectivity index (χ2n) is 2.79. The summed E-state index contributed by atoms with van der Waals surface area (Å²) in [6, 6.07) is 3.77. The summed E-state index contributed by atoms with van der Waals surface area (Å²) in [4.78, 5) is 4.85. The zero-order valence-corrected chi connectivity index (χ0v) is 9.79. The van der Waals surface area contributed by atoms with Crippen LogP contribution in [0.4, 0.5) is 0 Å². The number of aryl methyl sites for hydroxylation is 1. The number of aliphatic hydroxyl groups is 1. The maximum atomic E-state index is 9.94. The first kappa shape index (κ1) is 9.82. The lowest BCUT2D eigenvalue weighted by Crippen LogP contribution is -2.06. The molecule has 1 atom stereocenters. The van der Waals surface area contributed by atoms with Crippen molar-refractivity contribution in [3.63, 3.8) is 0 Å². The first-order valence-corrected chi connectivity index (χ1v) is 5.56. The van der Waals surface area contributed by atoms with E-state index in [-0.39, 0.29) is 0 Å². The van der Waals surface area contributed by atoms with Crippen LogP contribution in [0, 0.1) is 0 Å². The number of aliphatic hydroxyl groups excluding tert-OH is 1. The standard InChI is InChI=1S/C8H8BrN3OS/c1-12-8(10-4-11-12)7(13)5-2-3-6(9)14-5/h2-4,7,13H,1H3. The van der Waals surface area contributed by atoms with Crippen LogP contribution in [-0.4, -0.2) is 19.9 Å². The second kappa shape index (κ2) is 3.80. The van der Waals surface area contributed by atoms with Gasteiger partial charge in [0.1, 0.15) is 12.4 Å². The lowest BCUT2D eigenvalue weighted by molar-refractivity contribution is 0.208. The van der Waals surface area contributed by atoms with Crippen molar-refractivity contribution in [1.82, 2.24) is 14.8 Å². The largest absolute Gasteiger partial charge is 0.379 e. The summed E-state index contributed by atoms with van der Waals surface area (Å²) in [6.45, 7) is 0. The van der Waals surface area contributed by atoms with E-state index in [1.54, 1.807) is 11.7 Å². The van der Waals surface area contributed by atoms with E-state index in [0.717, 1.165) is 8.66 Å². The summed E-state index contributed by atoms with van der Waals surface area (Å²) in [5, 5.41) is 13.8. The molecule has 0 saturated carbocycles. The third kappa shape index (κ3) is 1.73. The lowest BCUT2D eigenvalue weighted by atomic mass is 10.3. The molecular formula is C8H8BrN3OS. The molecule has 0 spiro atoms. The molecule has 1 N–H and O–H groups in total. The van der Waals surface area contributed by atoms with Crippen molar-refractivity contribution < 1.29 is 5.11 Å². The van der Waals surface area contributed by atoms with Crippen molar-refractivity contribution in [2.75, 3.05) is 0 Å². The van der Waals surface area contributed by atoms with Gasteiger partial charge in [0, 0.05) is 11.9 Å². The molecule has 0 aliphatic heterocycles. The van der Waals surface area contributed by atoms with E-state index < -0.39 is 6.10 Å². The van der Waals surface area contributed by atoms with Crippen LogP contribution in [0.2, 0.25) is 0 Å². The normalized spacial score (nSPS) is 13.1. The highest BCUT2D eigenvalue weighted by Gasteiger charge is 2.17. The molecule has 4 nitrogen and oxygen atoms in total. The monoisotopic (exact) mass is 273 g/mol. The van der Waals surface area contributed by atoms with Crippen LogP contribution in [0.3, 0.4) is 0 Å². The third-order valence-electron chi connectivity index (χ3n) is 1.85. The van der Waals surface area contributed by atoms with Gasteiger partial charge in [-0.3, -0.25) is 4.68 Å². The molecule has 0 aliphatic carbocycles. The van der Waals surface area contributed by atoms with Gasteiger partial charge >= 0.3 is 0 Å². The molecule has 2 aromatic heterocycles. The summed E-state index contributed by atoms with van der Waals surface area (Å²) in [5.41, 5.74) is 0. The van der Waals surface area contributed by atoms with Crippen LogP contribution in [0.1, 0.15) is 16.8 Å². The van der Waals surface area contributed by atoms with Crippen molar-refractivity contribution in [2.45, 2.75) is 6.10 Å². The van der Waals surface area contributed by atoms with E-state index >= 15 is 0 Å². The molecule has 0 saturated heterocycles. The molecule has 0 amide bonds. The van der Waals surface area contributed by atoms with Gasteiger partial charge in [0.15, 0.2) is 5.82 Å². The average Bonchev–Trinajstić information content (AvgIpc) is 2.73. The summed E-state index contributed by atoms with van der Waals surface area (Å²) < 4.78 is 2.56. The fourth-order valence-corrected chi connectivity index (χ4v) is 2.56. The van der Waals surface area contributed by atoms with Gasteiger partial charge < -0.3 is 5.11 Å². The number of nitrogens with zero attached hydrogens (tertiary/aromatic N) is 3. The molecule has 14 heavy (non-hydrogen) atoms. The van der Waals surface area contributed by atoms with Crippen molar-refractivity contribution >= 4 is 27.3 Å². The van der Waals surface area contributed by atoms with Gasteiger partial charge in [-0.15, -0.1) is 11.3 Å². The van der Waals surface area contributed by atoms with Crippen LogP contribution in [0.5, 0.6) is 0 Å². The maximum Gasteiger partial charge on any atom is 0.160 e. The lowest BCUT2D eigenvalue weighted by Gasteiger charge is -2.06. The van der Waals surface area contributed by atoms with E-state index in [4.69, 9.17) is 0 Å². The average molecular weight is 274 g/mol. The number of hydrogen-bond acceptors (Lipinski definition) is 4. The smallest absolute Gasteiger partial charge is 0.160 e. The van der Waals surface area contributed by atoms with Gasteiger partial charge in [-0.05, 0) is 28.1 Å². The molecule has 0 aromatic carbocycles. The van der Waals surface area contributed by atoms with Crippen molar-refractivity contribution in [3.8, 4) is 0 Å². The minimum Gasteiger partial charge on any atom is -0.379 e. The van der Waals surface area contributed by atoms with Gasteiger partial charge in [0.2, 0.25) is 0 Å². The molecule has 0 fully saturated rings. The highest BCUT2D eigenvalue weighted by Crippen LogP contribution is 2.29. The molecule has 74 valence electrons. The number of rotatable bonds is 2. The molecule has 2 aromatic rings. The highest BCUT2D eigenvalue weighted by atomic mass is 79.9. The zero-order chi connectivity index (χ0) is 10.1. The molecule has 6 heteroatoms. The Kier molecular flexibility index (Phi) is 2.66. The van der Waals surface area contributed by atoms with Crippen LogP contribution in [0.25, 0.3) is 0 Å². The fourth-order valence-electron chi connectivity index (χ4n) is 1.16. The van der Waals surface area contributed by atoms with Crippen LogP contribution >= 0.6 is 27.3 Å². The molecule has 1 unspecified atom stereocenters. The Hall–Kier alpha value is -0.720. The van der Waals surface area contributed by atoms with Gasteiger partial charge in [-0.1, -0.05) is 0 Å². The number of thiophene rings is 1. The molecule has 0 radical (unpaired) electrons. The highest BCUT2D eigenvalue weighted by molar-refractivity contribution is 9.11. The topological polar surface area (TPSA) is 50.9 Å². The Balaban J connectivity index is 2.33. The Morgan fingerprint density at radius 2 is 2.36 bits per heavy atom. The van der Waals surface area contributed by atoms with Gasteiger partial charge in [-0.25, -0.2) is 4.98 Å². The molecule has 0 aliphatic rings. The van der Waals surface area contributed by atoms with E-state index in [0.29, 0.717) is 5.82 Å². The van der Waals surface area contributed by atoms with Crippen molar-refractivity contribution in [1.29, 1.82) is 0 Å². The predicted molar refractivity (Wildman–Crippen MR) is 57.1 cm³/mol. The van der Waals surface area contributed by atoms with Gasteiger partial charge in [0.05, 0.1) is 3.79 Å². The first-order valence-electron chi connectivity index (χ1n) is 3.95. The van der Waals surface area contributed by atoms with Crippen molar-refractivity contribution in [2.24, 2.45) is 7.05 Å². The predicted octanol–water partition coefficient (Wildman–Crippen LogP) is 1.72. The first-order chi connectivity index (χ1) is 6.68. The second-order valence-corrected chi connectivity index (χ2v) is 5.28. The Morgan fingerprint density at radius 3 is 2.86 bits per heavy atom. The SMILES string of the molecule is Cn1ncnc1C(O)c1ccc(Br)s1. The van der Waals surface area contributed by atoms with Gasteiger partial charge in [0.25, 0.3) is 0 Å². The number of halogens is 1.